The molecule has 1 atom stereocenters. The predicted molar refractivity (Wildman–Crippen MR) is 52.5 cm³/mol. The van der Waals surface area contributed by atoms with Crippen molar-refractivity contribution in [1.82, 2.24) is 15.5 Å². The van der Waals surface area contributed by atoms with Crippen molar-refractivity contribution in [2.24, 2.45) is 0 Å². The Morgan fingerprint density at radius 2 is 2.62 bits per heavy atom. The maximum Gasteiger partial charge on any atom is 0.238 e. The highest BCUT2D eigenvalue weighted by Crippen LogP contribution is 2.02. The van der Waals surface area contributed by atoms with Crippen LogP contribution in [0.3, 0.4) is 0 Å². The summed E-state index contributed by atoms with van der Waals surface area (Å²) >= 11 is 0. The summed E-state index contributed by atoms with van der Waals surface area (Å²) in [4.78, 5) is 13.6. The number of nitrogens with one attached hydrogen (secondary N) is 2. The lowest BCUT2D eigenvalue weighted by atomic mass is 10.2. The van der Waals surface area contributed by atoms with Crippen molar-refractivity contribution in [2.45, 2.75) is 6.04 Å². The first kappa shape index (κ1) is 10.2. The lowest BCUT2D eigenvalue weighted by Gasteiger charge is -2.33. The van der Waals surface area contributed by atoms with Gasteiger partial charge in [-0.25, -0.2) is 0 Å². The number of likely N-dealkylation sites (N-methyl/N-ethyl adjacent to an activating group) is 1. The van der Waals surface area contributed by atoms with Crippen molar-refractivity contribution in [1.29, 1.82) is 0 Å². The Morgan fingerprint density at radius 1 is 1.85 bits per heavy atom. The molecule has 1 aliphatic heterocycles. The second kappa shape index (κ2) is 4.99. The van der Waals surface area contributed by atoms with Crippen molar-refractivity contribution in [3.63, 3.8) is 0 Å². The van der Waals surface area contributed by atoms with E-state index >= 15 is 0 Å². The maximum absolute atomic E-state index is 11.4. The van der Waals surface area contributed by atoms with Crippen LogP contribution in [0.1, 0.15) is 0 Å². The SMILES string of the molecule is C=CCN1CCNCC1C(=O)NC. The van der Waals surface area contributed by atoms with Gasteiger partial charge >= 0.3 is 0 Å². The highest BCUT2D eigenvalue weighted by Gasteiger charge is 2.26. The van der Waals surface area contributed by atoms with E-state index in [4.69, 9.17) is 0 Å². The van der Waals surface area contributed by atoms with Gasteiger partial charge in [0.25, 0.3) is 0 Å². The van der Waals surface area contributed by atoms with Crippen molar-refractivity contribution in [2.75, 3.05) is 33.2 Å². The van der Waals surface area contributed by atoms with Crippen LogP contribution in [-0.4, -0.2) is 50.1 Å². The topological polar surface area (TPSA) is 44.4 Å². The van der Waals surface area contributed by atoms with Gasteiger partial charge in [0.1, 0.15) is 6.04 Å². The summed E-state index contributed by atoms with van der Waals surface area (Å²) in [6.07, 6.45) is 1.83. The first-order valence-electron chi connectivity index (χ1n) is 4.57. The van der Waals surface area contributed by atoms with Crippen LogP contribution in [0, 0.1) is 0 Å². The van der Waals surface area contributed by atoms with Crippen LogP contribution in [0.25, 0.3) is 0 Å². The lowest BCUT2D eigenvalue weighted by Crippen LogP contribution is -2.57. The van der Waals surface area contributed by atoms with Crippen molar-refractivity contribution < 1.29 is 4.79 Å². The first-order chi connectivity index (χ1) is 6.29. The van der Waals surface area contributed by atoms with Crippen LogP contribution in [0.4, 0.5) is 0 Å². The molecule has 0 aromatic carbocycles. The molecule has 74 valence electrons. The molecule has 1 fully saturated rings. The van der Waals surface area contributed by atoms with Gasteiger partial charge in [-0.3, -0.25) is 9.69 Å². The van der Waals surface area contributed by atoms with Crippen LogP contribution < -0.4 is 10.6 Å². The molecule has 1 rings (SSSR count). The van der Waals surface area contributed by atoms with Gasteiger partial charge in [-0.2, -0.15) is 0 Å². The van der Waals surface area contributed by atoms with Gasteiger partial charge in [-0.15, -0.1) is 6.58 Å². The van der Waals surface area contributed by atoms with Crippen LogP contribution >= 0.6 is 0 Å². The highest BCUT2D eigenvalue weighted by atomic mass is 16.2. The third-order valence-electron chi connectivity index (χ3n) is 2.27. The molecule has 13 heavy (non-hydrogen) atoms. The number of piperazine rings is 1. The lowest BCUT2D eigenvalue weighted by molar-refractivity contribution is -0.126. The molecule has 4 heteroatoms. The Balaban J connectivity index is 2.55. The van der Waals surface area contributed by atoms with Crippen LogP contribution in [0.15, 0.2) is 12.7 Å². The van der Waals surface area contributed by atoms with E-state index in [0.29, 0.717) is 0 Å². The normalized spacial score (nSPS) is 23.9. The Kier molecular flexibility index (Phi) is 3.92. The standard InChI is InChI=1S/C9H17N3O/c1-3-5-12-6-4-11-7-8(12)9(13)10-2/h3,8,11H,1,4-7H2,2H3,(H,10,13). The Hall–Kier alpha value is -0.870. The summed E-state index contributed by atoms with van der Waals surface area (Å²) in [5.74, 6) is 0.0778. The average molecular weight is 183 g/mol. The molecule has 0 aliphatic carbocycles. The molecule has 0 saturated carbocycles. The fraction of sp³-hybridized carbons (Fsp3) is 0.667. The summed E-state index contributed by atoms with van der Waals surface area (Å²) in [6, 6.07) is -0.0447. The smallest absolute Gasteiger partial charge is 0.238 e. The van der Waals surface area contributed by atoms with Gasteiger partial charge in [0.05, 0.1) is 0 Å². The van der Waals surface area contributed by atoms with Gasteiger partial charge in [0.15, 0.2) is 0 Å². The predicted octanol–water partition coefficient (Wildman–Crippen LogP) is -0.808. The van der Waals surface area contributed by atoms with E-state index in [2.05, 4.69) is 22.1 Å². The third-order valence-corrected chi connectivity index (χ3v) is 2.27. The summed E-state index contributed by atoms with van der Waals surface area (Å²) < 4.78 is 0. The Labute approximate surface area is 79.0 Å². The Morgan fingerprint density at radius 3 is 3.23 bits per heavy atom. The summed E-state index contributed by atoms with van der Waals surface area (Å²) in [6.45, 7) is 7.04. The minimum Gasteiger partial charge on any atom is -0.358 e. The number of carbonyl (C=O) groups is 1. The molecule has 4 nitrogen and oxygen atoms in total. The number of carbonyl (C=O) groups excluding carboxylic acids is 1. The van der Waals surface area contributed by atoms with Gasteiger partial charge in [0.2, 0.25) is 5.91 Å². The first-order valence-corrected chi connectivity index (χ1v) is 4.57. The molecule has 0 bridgehead atoms. The summed E-state index contributed by atoms with van der Waals surface area (Å²) in [7, 11) is 1.67. The van der Waals surface area contributed by atoms with Crippen molar-refractivity contribution >= 4 is 5.91 Å². The van der Waals surface area contributed by atoms with Gasteiger partial charge in [-0.1, -0.05) is 6.08 Å². The second-order valence-corrected chi connectivity index (χ2v) is 3.12. The van der Waals surface area contributed by atoms with E-state index in [9.17, 15) is 4.79 Å². The van der Waals surface area contributed by atoms with Crippen LogP contribution in [-0.2, 0) is 4.79 Å². The van der Waals surface area contributed by atoms with Gasteiger partial charge < -0.3 is 10.6 Å². The molecular formula is C9H17N3O. The molecule has 1 aliphatic rings. The van der Waals surface area contributed by atoms with E-state index in [1.54, 1.807) is 7.05 Å². The number of hydrogen-bond donors (Lipinski definition) is 2. The van der Waals surface area contributed by atoms with Crippen LogP contribution in [0.2, 0.25) is 0 Å². The van der Waals surface area contributed by atoms with Crippen LogP contribution in [0.5, 0.6) is 0 Å². The fourth-order valence-corrected chi connectivity index (χ4v) is 1.56. The molecule has 1 saturated heterocycles. The molecule has 0 aromatic heterocycles. The Bertz CT molecular complexity index is 193. The van der Waals surface area contributed by atoms with Gasteiger partial charge in [-0.05, 0) is 0 Å². The minimum absolute atomic E-state index is 0.0447. The molecule has 1 unspecified atom stereocenters. The molecule has 0 radical (unpaired) electrons. The number of hydrogen-bond acceptors (Lipinski definition) is 3. The fourth-order valence-electron chi connectivity index (χ4n) is 1.56. The molecule has 1 heterocycles. The van der Waals surface area contributed by atoms with E-state index in [-0.39, 0.29) is 11.9 Å². The summed E-state index contributed by atoms with van der Waals surface area (Å²) in [5, 5.41) is 5.87. The molecular weight excluding hydrogens is 166 g/mol. The number of amides is 1. The van der Waals surface area contributed by atoms with Crippen molar-refractivity contribution in [3.05, 3.63) is 12.7 Å². The summed E-state index contributed by atoms with van der Waals surface area (Å²) in [5.41, 5.74) is 0. The largest absolute Gasteiger partial charge is 0.358 e. The van der Waals surface area contributed by atoms with E-state index in [0.717, 1.165) is 26.2 Å². The zero-order valence-electron chi connectivity index (χ0n) is 8.05. The molecule has 0 aromatic rings. The number of rotatable bonds is 3. The van der Waals surface area contributed by atoms with E-state index < -0.39 is 0 Å². The third kappa shape index (κ3) is 2.54. The zero-order valence-corrected chi connectivity index (χ0v) is 8.05. The monoisotopic (exact) mass is 183 g/mol. The maximum atomic E-state index is 11.4. The van der Waals surface area contributed by atoms with Crippen molar-refractivity contribution in [3.8, 4) is 0 Å². The second-order valence-electron chi connectivity index (χ2n) is 3.12. The van der Waals surface area contributed by atoms with E-state index in [1.165, 1.54) is 0 Å². The zero-order chi connectivity index (χ0) is 9.68. The molecule has 0 spiro atoms. The minimum atomic E-state index is -0.0447. The molecule has 1 amide bonds. The van der Waals surface area contributed by atoms with Gasteiger partial charge in [0, 0.05) is 33.2 Å². The highest BCUT2D eigenvalue weighted by molar-refractivity contribution is 5.81. The number of nitrogens with zero attached hydrogens (tertiary/aromatic N) is 1. The quantitative estimate of drug-likeness (QED) is 0.563. The van der Waals surface area contributed by atoms with E-state index in [1.807, 2.05) is 6.08 Å². The molecule has 2 N–H and O–H groups in total. The average Bonchev–Trinajstić information content (AvgIpc) is 2.18.